The van der Waals surface area contributed by atoms with Crippen LogP contribution in [0.3, 0.4) is 0 Å². The van der Waals surface area contributed by atoms with Crippen molar-refractivity contribution in [1.82, 2.24) is 4.98 Å². The van der Waals surface area contributed by atoms with Crippen molar-refractivity contribution in [2.24, 2.45) is 0 Å². The molecular weight excluding hydrogens is 326 g/mol. The minimum atomic E-state index is -0.176. The van der Waals surface area contributed by atoms with Crippen molar-refractivity contribution < 1.29 is 9.59 Å². The molecule has 0 saturated carbocycles. The van der Waals surface area contributed by atoms with Gasteiger partial charge in [-0.15, -0.1) is 0 Å². The third-order valence-electron chi connectivity index (χ3n) is 3.81. The lowest BCUT2D eigenvalue weighted by Crippen LogP contribution is -2.30. The van der Waals surface area contributed by atoms with E-state index in [-0.39, 0.29) is 11.8 Å². The Balaban J connectivity index is 1.93. The number of nitrogens with one attached hydrogen (secondary N) is 1. The second kappa shape index (κ2) is 8.07. The zero-order valence-corrected chi connectivity index (χ0v) is 14.4. The molecule has 3 aromatic rings. The Labute approximate surface area is 152 Å². The number of benzene rings is 2. The van der Waals surface area contributed by atoms with E-state index in [1.807, 2.05) is 42.5 Å². The minimum absolute atomic E-state index is 0.146. The number of hydrogen-bond donors (Lipinski definition) is 1. The van der Waals surface area contributed by atoms with E-state index in [1.165, 1.54) is 6.92 Å². The summed E-state index contributed by atoms with van der Waals surface area (Å²) in [5.74, 6) is -0.322. The summed E-state index contributed by atoms with van der Waals surface area (Å²) < 4.78 is 0. The van der Waals surface area contributed by atoms with Crippen LogP contribution in [0.4, 0.5) is 11.4 Å². The fraction of sp³-hybridized carbons (Fsp3) is 0.0952. The smallest absolute Gasteiger partial charge is 0.258 e. The zero-order valence-electron chi connectivity index (χ0n) is 14.4. The highest BCUT2D eigenvalue weighted by Gasteiger charge is 2.18. The van der Waals surface area contributed by atoms with E-state index in [2.05, 4.69) is 10.3 Å². The lowest BCUT2D eigenvalue weighted by atomic mass is 10.1. The Hall–Kier alpha value is -3.47. The summed E-state index contributed by atoms with van der Waals surface area (Å²) >= 11 is 0. The predicted octanol–water partition coefficient (Wildman–Crippen LogP) is 3.89. The Morgan fingerprint density at radius 2 is 1.81 bits per heavy atom. The lowest BCUT2D eigenvalue weighted by molar-refractivity contribution is -0.114. The fourth-order valence-electron chi connectivity index (χ4n) is 2.65. The van der Waals surface area contributed by atoms with Gasteiger partial charge in [0.05, 0.1) is 6.54 Å². The molecule has 0 aliphatic rings. The standard InChI is InChI=1S/C21H19N3O2/c1-16(25)23-19-9-5-8-18(13-19)21(26)24(20-10-3-2-4-11-20)15-17-7-6-12-22-14-17/h2-14H,15H2,1H3,(H,23,25). The maximum Gasteiger partial charge on any atom is 0.258 e. The van der Waals surface area contributed by atoms with Crippen LogP contribution in [0.1, 0.15) is 22.8 Å². The van der Waals surface area contributed by atoms with Crippen LogP contribution >= 0.6 is 0 Å². The van der Waals surface area contributed by atoms with E-state index in [4.69, 9.17) is 0 Å². The molecule has 0 aliphatic carbocycles. The van der Waals surface area contributed by atoms with Crippen LogP contribution in [0.15, 0.2) is 79.1 Å². The van der Waals surface area contributed by atoms with E-state index in [0.717, 1.165) is 11.3 Å². The Bertz CT molecular complexity index is 895. The number of pyridine rings is 1. The molecule has 1 heterocycles. The van der Waals surface area contributed by atoms with Gasteiger partial charge < -0.3 is 10.2 Å². The van der Waals surface area contributed by atoms with Crippen molar-refractivity contribution >= 4 is 23.2 Å². The van der Waals surface area contributed by atoms with Gasteiger partial charge in [0.1, 0.15) is 0 Å². The molecule has 2 amide bonds. The monoisotopic (exact) mass is 345 g/mol. The Morgan fingerprint density at radius 3 is 2.50 bits per heavy atom. The minimum Gasteiger partial charge on any atom is -0.326 e. The molecule has 130 valence electrons. The number of aromatic nitrogens is 1. The van der Waals surface area contributed by atoms with Gasteiger partial charge in [0.25, 0.3) is 5.91 Å². The lowest BCUT2D eigenvalue weighted by Gasteiger charge is -2.23. The number of carbonyl (C=O) groups excluding carboxylic acids is 2. The van der Waals surface area contributed by atoms with Crippen molar-refractivity contribution in [3.8, 4) is 0 Å². The molecule has 0 atom stereocenters. The van der Waals surface area contributed by atoms with Crippen LogP contribution in [-0.4, -0.2) is 16.8 Å². The molecule has 2 aromatic carbocycles. The normalized spacial score (nSPS) is 10.2. The highest BCUT2D eigenvalue weighted by molar-refractivity contribution is 6.06. The number of rotatable bonds is 5. The van der Waals surface area contributed by atoms with Gasteiger partial charge in [-0.1, -0.05) is 30.3 Å². The summed E-state index contributed by atoms with van der Waals surface area (Å²) in [6.07, 6.45) is 3.45. The van der Waals surface area contributed by atoms with Gasteiger partial charge >= 0.3 is 0 Å². The summed E-state index contributed by atoms with van der Waals surface area (Å²) in [7, 11) is 0. The number of hydrogen-bond acceptors (Lipinski definition) is 3. The summed E-state index contributed by atoms with van der Waals surface area (Å²) in [6.45, 7) is 1.84. The quantitative estimate of drug-likeness (QED) is 0.763. The number of carbonyl (C=O) groups is 2. The molecule has 5 heteroatoms. The molecule has 1 N–H and O–H groups in total. The van der Waals surface area contributed by atoms with Crippen molar-refractivity contribution in [3.63, 3.8) is 0 Å². The van der Waals surface area contributed by atoms with Crippen LogP contribution in [0.25, 0.3) is 0 Å². The fourth-order valence-corrected chi connectivity index (χ4v) is 2.65. The van der Waals surface area contributed by atoms with Crippen LogP contribution in [0.2, 0.25) is 0 Å². The van der Waals surface area contributed by atoms with E-state index in [0.29, 0.717) is 17.8 Å². The first-order chi connectivity index (χ1) is 12.6. The molecule has 26 heavy (non-hydrogen) atoms. The van der Waals surface area contributed by atoms with Gasteiger partial charge in [-0.2, -0.15) is 0 Å². The third-order valence-corrected chi connectivity index (χ3v) is 3.81. The van der Waals surface area contributed by atoms with Crippen molar-refractivity contribution in [1.29, 1.82) is 0 Å². The van der Waals surface area contributed by atoms with Gasteiger partial charge in [-0.05, 0) is 42.0 Å². The summed E-state index contributed by atoms with van der Waals surface area (Å²) in [5, 5.41) is 2.71. The molecule has 0 unspecified atom stereocenters. The SMILES string of the molecule is CC(=O)Nc1cccc(C(=O)N(Cc2cccnc2)c2ccccc2)c1. The topological polar surface area (TPSA) is 62.3 Å². The largest absolute Gasteiger partial charge is 0.326 e. The van der Waals surface area contributed by atoms with Crippen LogP contribution in [-0.2, 0) is 11.3 Å². The van der Waals surface area contributed by atoms with Crippen LogP contribution < -0.4 is 10.2 Å². The van der Waals surface area contributed by atoms with Crippen molar-refractivity contribution in [2.45, 2.75) is 13.5 Å². The molecule has 0 saturated heterocycles. The first-order valence-corrected chi connectivity index (χ1v) is 8.27. The second-order valence-electron chi connectivity index (χ2n) is 5.85. The number of amides is 2. The van der Waals surface area contributed by atoms with E-state index in [1.54, 1.807) is 41.6 Å². The molecule has 0 aliphatic heterocycles. The first-order valence-electron chi connectivity index (χ1n) is 8.27. The van der Waals surface area contributed by atoms with Crippen LogP contribution in [0.5, 0.6) is 0 Å². The molecule has 0 bridgehead atoms. The summed E-state index contributed by atoms with van der Waals surface area (Å²) in [4.78, 5) is 30.3. The summed E-state index contributed by atoms with van der Waals surface area (Å²) in [6, 6.07) is 20.2. The molecule has 1 aromatic heterocycles. The molecule has 0 spiro atoms. The predicted molar refractivity (Wildman–Crippen MR) is 102 cm³/mol. The third kappa shape index (κ3) is 4.33. The van der Waals surface area contributed by atoms with Crippen molar-refractivity contribution in [2.75, 3.05) is 10.2 Å². The maximum atomic E-state index is 13.2. The molecule has 0 radical (unpaired) electrons. The van der Waals surface area contributed by atoms with Crippen molar-refractivity contribution in [3.05, 3.63) is 90.3 Å². The summed E-state index contributed by atoms with van der Waals surface area (Å²) in [5.41, 5.74) is 2.83. The Kier molecular flexibility index (Phi) is 5.39. The zero-order chi connectivity index (χ0) is 18.4. The van der Waals surface area contributed by atoms with Gasteiger partial charge in [-0.3, -0.25) is 14.6 Å². The Morgan fingerprint density at radius 1 is 1.00 bits per heavy atom. The first kappa shape index (κ1) is 17.4. The van der Waals surface area contributed by atoms with E-state index < -0.39 is 0 Å². The molecule has 0 fully saturated rings. The highest BCUT2D eigenvalue weighted by Crippen LogP contribution is 2.21. The van der Waals surface area contributed by atoms with E-state index >= 15 is 0 Å². The van der Waals surface area contributed by atoms with Crippen LogP contribution in [0, 0.1) is 0 Å². The molecular formula is C21H19N3O2. The maximum absolute atomic E-state index is 13.2. The second-order valence-corrected chi connectivity index (χ2v) is 5.85. The van der Waals surface area contributed by atoms with E-state index in [9.17, 15) is 9.59 Å². The average Bonchev–Trinajstić information content (AvgIpc) is 2.67. The van der Waals surface area contributed by atoms with Gasteiger partial charge in [0.15, 0.2) is 0 Å². The molecule has 3 rings (SSSR count). The van der Waals surface area contributed by atoms with Gasteiger partial charge in [-0.25, -0.2) is 0 Å². The van der Waals surface area contributed by atoms with Gasteiger partial charge in [0.2, 0.25) is 5.91 Å². The number of para-hydroxylation sites is 1. The van der Waals surface area contributed by atoms with Gasteiger partial charge in [0, 0.05) is 36.3 Å². The molecule has 5 nitrogen and oxygen atoms in total. The number of anilines is 2. The average molecular weight is 345 g/mol. The highest BCUT2D eigenvalue weighted by atomic mass is 16.2. The number of nitrogens with zero attached hydrogens (tertiary/aromatic N) is 2.